The van der Waals surface area contributed by atoms with Gasteiger partial charge in [0.1, 0.15) is 0 Å². The zero-order valence-corrected chi connectivity index (χ0v) is 13.5. The zero-order chi connectivity index (χ0) is 16.3. The smallest absolute Gasteiger partial charge is 0.315 e. The highest BCUT2D eigenvalue weighted by molar-refractivity contribution is 5.73. The molecule has 0 aliphatic carbocycles. The number of amides is 2. The number of carbonyl (C=O) groups excluding carboxylic acids is 1. The van der Waals surface area contributed by atoms with Gasteiger partial charge < -0.3 is 15.4 Å². The number of hydrogen-bond donors (Lipinski definition) is 2. The van der Waals surface area contributed by atoms with Gasteiger partial charge in [-0.25, -0.2) is 9.48 Å². The fourth-order valence-electron chi connectivity index (χ4n) is 2.06. The third-order valence-corrected chi connectivity index (χ3v) is 3.31. The number of carbonyl (C=O) groups is 1. The SMILES string of the molecule is CCCCOCCNC(=O)NCc1cccc(-n2cccn2)c1. The van der Waals surface area contributed by atoms with Crippen LogP contribution < -0.4 is 10.6 Å². The van der Waals surface area contributed by atoms with Gasteiger partial charge in [-0.05, 0) is 30.2 Å². The number of hydrogen-bond acceptors (Lipinski definition) is 3. The summed E-state index contributed by atoms with van der Waals surface area (Å²) in [6.07, 6.45) is 5.79. The van der Waals surface area contributed by atoms with E-state index in [0.29, 0.717) is 19.7 Å². The summed E-state index contributed by atoms with van der Waals surface area (Å²) in [5.41, 5.74) is 1.99. The Morgan fingerprint density at radius 2 is 2.17 bits per heavy atom. The molecule has 2 rings (SSSR count). The lowest BCUT2D eigenvalue weighted by Crippen LogP contribution is -2.36. The molecule has 0 atom stereocenters. The van der Waals surface area contributed by atoms with Crippen molar-refractivity contribution in [2.45, 2.75) is 26.3 Å². The molecule has 1 heterocycles. The van der Waals surface area contributed by atoms with Crippen molar-refractivity contribution < 1.29 is 9.53 Å². The Bertz CT molecular complexity index is 584. The zero-order valence-electron chi connectivity index (χ0n) is 13.5. The van der Waals surface area contributed by atoms with Gasteiger partial charge in [0.15, 0.2) is 0 Å². The Morgan fingerprint density at radius 1 is 1.26 bits per heavy atom. The first-order chi connectivity index (χ1) is 11.3. The molecule has 0 radical (unpaired) electrons. The number of benzene rings is 1. The molecule has 6 heteroatoms. The maximum atomic E-state index is 11.7. The average molecular weight is 316 g/mol. The number of nitrogens with zero attached hydrogens (tertiary/aromatic N) is 2. The summed E-state index contributed by atoms with van der Waals surface area (Å²) >= 11 is 0. The molecule has 1 aromatic carbocycles. The van der Waals surface area contributed by atoms with Crippen LogP contribution in [0, 0.1) is 0 Å². The van der Waals surface area contributed by atoms with Gasteiger partial charge in [0.05, 0.1) is 12.3 Å². The van der Waals surface area contributed by atoms with Crippen LogP contribution in [-0.4, -0.2) is 35.6 Å². The number of urea groups is 1. The molecule has 2 aromatic rings. The first kappa shape index (κ1) is 17.0. The van der Waals surface area contributed by atoms with Crippen molar-refractivity contribution in [3.8, 4) is 5.69 Å². The molecular formula is C17H24N4O2. The van der Waals surface area contributed by atoms with Crippen LogP contribution in [0.2, 0.25) is 0 Å². The fourth-order valence-corrected chi connectivity index (χ4v) is 2.06. The van der Waals surface area contributed by atoms with Gasteiger partial charge in [-0.3, -0.25) is 0 Å². The maximum absolute atomic E-state index is 11.7. The summed E-state index contributed by atoms with van der Waals surface area (Å²) in [5, 5.41) is 9.81. The minimum atomic E-state index is -0.186. The molecule has 0 bridgehead atoms. The highest BCUT2D eigenvalue weighted by Gasteiger charge is 2.02. The van der Waals surface area contributed by atoms with Crippen molar-refractivity contribution in [2.24, 2.45) is 0 Å². The van der Waals surface area contributed by atoms with Crippen LogP contribution in [0.5, 0.6) is 0 Å². The molecule has 0 saturated carbocycles. The summed E-state index contributed by atoms with van der Waals surface area (Å²) in [6.45, 7) is 4.40. The van der Waals surface area contributed by atoms with E-state index in [2.05, 4.69) is 22.7 Å². The molecule has 0 fully saturated rings. The predicted octanol–water partition coefficient (Wildman–Crippen LogP) is 2.49. The summed E-state index contributed by atoms with van der Waals surface area (Å²) < 4.78 is 7.18. The van der Waals surface area contributed by atoms with Crippen LogP contribution in [0.3, 0.4) is 0 Å². The summed E-state index contributed by atoms with van der Waals surface area (Å²) in [6, 6.07) is 9.59. The molecule has 2 N–H and O–H groups in total. The van der Waals surface area contributed by atoms with E-state index in [4.69, 9.17) is 4.74 Å². The Labute approximate surface area is 136 Å². The molecular weight excluding hydrogens is 292 g/mol. The third kappa shape index (κ3) is 6.12. The second kappa shape index (κ2) is 9.63. The molecule has 23 heavy (non-hydrogen) atoms. The molecule has 6 nitrogen and oxygen atoms in total. The summed E-state index contributed by atoms with van der Waals surface area (Å²) in [7, 11) is 0. The Kier molecular flexibility index (Phi) is 7.13. The highest BCUT2D eigenvalue weighted by atomic mass is 16.5. The number of nitrogens with one attached hydrogen (secondary N) is 2. The molecule has 0 aliphatic heterocycles. The second-order valence-electron chi connectivity index (χ2n) is 5.20. The Morgan fingerprint density at radius 3 is 2.96 bits per heavy atom. The Hall–Kier alpha value is -2.34. The number of unbranched alkanes of at least 4 members (excludes halogenated alkanes) is 1. The minimum Gasteiger partial charge on any atom is -0.380 e. The minimum absolute atomic E-state index is 0.186. The van der Waals surface area contributed by atoms with E-state index in [-0.39, 0.29) is 6.03 Å². The molecule has 1 aromatic heterocycles. The Balaban J connectivity index is 1.69. The monoisotopic (exact) mass is 316 g/mol. The van der Waals surface area contributed by atoms with E-state index in [1.54, 1.807) is 10.9 Å². The lowest BCUT2D eigenvalue weighted by molar-refractivity contribution is 0.133. The lowest BCUT2D eigenvalue weighted by Gasteiger charge is -2.09. The highest BCUT2D eigenvalue weighted by Crippen LogP contribution is 2.09. The van der Waals surface area contributed by atoms with Crippen LogP contribution in [0.1, 0.15) is 25.3 Å². The molecule has 0 spiro atoms. The molecule has 2 amide bonds. The fraction of sp³-hybridized carbons (Fsp3) is 0.412. The van der Waals surface area contributed by atoms with Gasteiger partial charge in [0.25, 0.3) is 0 Å². The van der Waals surface area contributed by atoms with E-state index in [1.807, 2.05) is 36.5 Å². The predicted molar refractivity (Wildman–Crippen MR) is 89.5 cm³/mol. The quantitative estimate of drug-likeness (QED) is 0.698. The lowest BCUT2D eigenvalue weighted by atomic mass is 10.2. The van der Waals surface area contributed by atoms with Gasteiger partial charge in [-0.15, -0.1) is 0 Å². The van der Waals surface area contributed by atoms with E-state index in [9.17, 15) is 4.79 Å². The van der Waals surface area contributed by atoms with E-state index >= 15 is 0 Å². The molecule has 0 unspecified atom stereocenters. The molecule has 0 saturated heterocycles. The van der Waals surface area contributed by atoms with Crippen LogP contribution in [-0.2, 0) is 11.3 Å². The van der Waals surface area contributed by atoms with Crippen LogP contribution in [0.25, 0.3) is 5.69 Å². The van der Waals surface area contributed by atoms with Crippen LogP contribution in [0.4, 0.5) is 4.79 Å². The van der Waals surface area contributed by atoms with Crippen molar-refractivity contribution in [3.05, 3.63) is 48.3 Å². The van der Waals surface area contributed by atoms with Gasteiger partial charge in [-0.1, -0.05) is 25.5 Å². The number of aromatic nitrogens is 2. The van der Waals surface area contributed by atoms with Crippen molar-refractivity contribution in [2.75, 3.05) is 19.8 Å². The first-order valence-corrected chi connectivity index (χ1v) is 7.98. The largest absolute Gasteiger partial charge is 0.380 e. The first-order valence-electron chi connectivity index (χ1n) is 7.98. The van der Waals surface area contributed by atoms with Crippen LogP contribution >= 0.6 is 0 Å². The van der Waals surface area contributed by atoms with Crippen molar-refractivity contribution in [3.63, 3.8) is 0 Å². The summed E-state index contributed by atoms with van der Waals surface area (Å²) in [5.74, 6) is 0. The van der Waals surface area contributed by atoms with Gasteiger partial charge in [0.2, 0.25) is 0 Å². The van der Waals surface area contributed by atoms with Gasteiger partial charge >= 0.3 is 6.03 Å². The third-order valence-electron chi connectivity index (χ3n) is 3.31. The standard InChI is InChI=1S/C17H24N4O2/c1-2-3-11-23-12-9-18-17(22)19-14-15-6-4-7-16(13-15)21-10-5-8-20-21/h4-8,10,13H,2-3,9,11-12,14H2,1H3,(H2,18,19,22). The van der Waals surface area contributed by atoms with E-state index in [1.165, 1.54) is 0 Å². The second-order valence-corrected chi connectivity index (χ2v) is 5.20. The average Bonchev–Trinajstić information content (AvgIpc) is 3.11. The van der Waals surface area contributed by atoms with E-state index in [0.717, 1.165) is 30.7 Å². The summed E-state index contributed by atoms with van der Waals surface area (Å²) in [4.78, 5) is 11.7. The molecule has 0 aliphatic rings. The normalized spacial score (nSPS) is 10.5. The van der Waals surface area contributed by atoms with Crippen LogP contribution in [0.15, 0.2) is 42.7 Å². The number of rotatable bonds is 9. The topological polar surface area (TPSA) is 68.2 Å². The van der Waals surface area contributed by atoms with Gasteiger partial charge in [0, 0.05) is 32.1 Å². The van der Waals surface area contributed by atoms with E-state index < -0.39 is 0 Å². The van der Waals surface area contributed by atoms with Crippen molar-refractivity contribution >= 4 is 6.03 Å². The maximum Gasteiger partial charge on any atom is 0.315 e. The van der Waals surface area contributed by atoms with Gasteiger partial charge in [-0.2, -0.15) is 5.10 Å². The number of ether oxygens (including phenoxy) is 1. The van der Waals surface area contributed by atoms with Crippen molar-refractivity contribution in [1.82, 2.24) is 20.4 Å². The molecule has 124 valence electrons. The van der Waals surface area contributed by atoms with Crippen molar-refractivity contribution in [1.29, 1.82) is 0 Å².